The molecule has 3 rings (SSSR count). The van der Waals surface area contributed by atoms with Crippen LogP contribution in [-0.2, 0) is 13.0 Å². The molecule has 1 aliphatic rings. The molecule has 25 heavy (non-hydrogen) atoms. The van der Waals surface area contributed by atoms with Crippen molar-refractivity contribution >= 4 is 17.2 Å². The van der Waals surface area contributed by atoms with Crippen molar-refractivity contribution in [3.63, 3.8) is 0 Å². The van der Waals surface area contributed by atoms with Crippen LogP contribution in [0.1, 0.15) is 46.7 Å². The van der Waals surface area contributed by atoms with Crippen LogP contribution in [0.5, 0.6) is 0 Å². The van der Waals surface area contributed by atoms with Gasteiger partial charge < -0.3 is 10.6 Å². The van der Waals surface area contributed by atoms with Crippen molar-refractivity contribution in [2.24, 2.45) is 5.73 Å². The van der Waals surface area contributed by atoms with Gasteiger partial charge in [0.2, 0.25) is 0 Å². The first kappa shape index (κ1) is 17.9. The SMILES string of the molecule is NCCc1nc(C(=O)N(Cc2c(F)cccc2F)C2CCCC2)cs1. The van der Waals surface area contributed by atoms with Crippen LogP contribution in [0.2, 0.25) is 0 Å². The third kappa shape index (κ3) is 4.04. The van der Waals surface area contributed by atoms with Crippen LogP contribution in [0.3, 0.4) is 0 Å². The summed E-state index contributed by atoms with van der Waals surface area (Å²) in [6.07, 6.45) is 4.35. The Kier molecular flexibility index (Phi) is 5.75. The molecule has 0 aliphatic heterocycles. The maximum Gasteiger partial charge on any atom is 0.273 e. The van der Waals surface area contributed by atoms with Crippen molar-refractivity contribution in [2.75, 3.05) is 6.54 Å². The Balaban J connectivity index is 1.87. The summed E-state index contributed by atoms with van der Waals surface area (Å²) < 4.78 is 28.1. The Morgan fingerprint density at radius 1 is 1.28 bits per heavy atom. The van der Waals surface area contributed by atoms with E-state index in [9.17, 15) is 13.6 Å². The van der Waals surface area contributed by atoms with Crippen molar-refractivity contribution < 1.29 is 13.6 Å². The van der Waals surface area contributed by atoms with E-state index in [1.54, 1.807) is 10.3 Å². The molecule has 1 heterocycles. The predicted octanol–water partition coefficient (Wildman–Crippen LogP) is 3.51. The standard InChI is InChI=1S/C18H21F2N3OS/c19-14-6-3-7-15(20)13(14)10-23(12-4-1-2-5-12)18(24)16-11-25-17(22-16)8-9-21/h3,6-7,11-12H,1-2,4-5,8-10,21H2. The molecule has 0 radical (unpaired) electrons. The van der Waals surface area contributed by atoms with Gasteiger partial charge in [-0.05, 0) is 31.5 Å². The van der Waals surface area contributed by atoms with Gasteiger partial charge in [0.15, 0.2) is 0 Å². The number of aromatic nitrogens is 1. The molecule has 0 bridgehead atoms. The Hall–Kier alpha value is -1.86. The highest BCUT2D eigenvalue weighted by atomic mass is 32.1. The molecular weight excluding hydrogens is 344 g/mol. The van der Waals surface area contributed by atoms with Crippen LogP contribution >= 0.6 is 11.3 Å². The summed E-state index contributed by atoms with van der Waals surface area (Å²) >= 11 is 1.39. The maximum atomic E-state index is 14.1. The highest BCUT2D eigenvalue weighted by Gasteiger charge is 2.30. The van der Waals surface area contributed by atoms with Crippen LogP contribution in [-0.4, -0.2) is 28.4 Å². The number of rotatable bonds is 6. The van der Waals surface area contributed by atoms with E-state index < -0.39 is 11.6 Å². The Morgan fingerprint density at radius 2 is 1.96 bits per heavy atom. The van der Waals surface area contributed by atoms with Crippen molar-refractivity contribution in [1.29, 1.82) is 0 Å². The number of carbonyl (C=O) groups is 1. The van der Waals surface area contributed by atoms with E-state index >= 15 is 0 Å². The summed E-state index contributed by atoms with van der Waals surface area (Å²) in [6.45, 7) is 0.389. The highest BCUT2D eigenvalue weighted by molar-refractivity contribution is 7.09. The molecule has 0 atom stereocenters. The predicted molar refractivity (Wildman–Crippen MR) is 93.4 cm³/mol. The van der Waals surface area contributed by atoms with Gasteiger partial charge in [0.05, 0.1) is 11.6 Å². The van der Waals surface area contributed by atoms with E-state index in [0.29, 0.717) is 18.7 Å². The molecule has 0 spiro atoms. The number of nitrogens with two attached hydrogens (primary N) is 1. The van der Waals surface area contributed by atoms with Crippen LogP contribution in [0.4, 0.5) is 8.78 Å². The largest absolute Gasteiger partial charge is 0.330 e. The molecule has 4 nitrogen and oxygen atoms in total. The fraction of sp³-hybridized carbons (Fsp3) is 0.444. The molecule has 1 fully saturated rings. The zero-order valence-electron chi connectivity index (χ0n) is 13.9. The Bertz CT molecular complexity index is 723. The molecule has 7 heteroatoms. The molecule has 0 saturated heterocycles. The smallest absolute Gasteiger partial charge is 0.273 e. The van der Waals surface area contributed by atoms with Crippen LogP contribution < -0.4 is 5.73 Å². The fourth-order valence-electron chi connectivity index (χ4n) is 3.23. The first-order chi connectivity index (χ1) is 12.1. The van der Waals surface area contributed by atoms with Crippen LogP contribution in [0.25, 0.3) is 0 Å². The van der Waals surface area contributed by atoms with Gasteiger partial charge in [-0.15, -0.1) is 11.3 Å². The molecule has 2 N–H and O–H groups in total. The number of amides is 1. The van der Waals surface area contributed by atoms with Crippen molar-refractivity contribution in [2.45, 2.75) is 44.7 Å². The topological polar surface area (TPSA) is 59.2 Å². The Labute approximate surface area is 149 Å². The summed E-state index contributed by atoms with van der Waals surface area (Å²) in [5.74, 6) is -1.52. The quantitative estimate of drug-likeness (QED) is 0.852. The number of thiazole rings is 1. The fourth-order valence-corrected chi connectivity index (χ4v) is 4.02. The summed E-state index contributed by atoms with van der Waals surface area (Å²) in [6, 6.07) is 3.76. The second kappa shape index (κ2) is 8.01. The number of benzene rings is 1. The second-order valence-electron chi connectivity index (χ2n) is 6.24. The van der Waals surface area contributed by atoms with Crippen molar-refractivity contribution in [3.8, 4) is 0 Å². The van der Waals surface area contributed by atoms with Gasteiger partial charge in [0.1, 0.15) is 17.3 Å². The zero-order valence-corrected chi connectivity index (χ0v) is 14.7. The van der Waals surface area contributed by atoms with Gasteiger partial charge >= 0.3 is 0 Å². The van der Waals surface area contributed by atoms with Gasteiger partial charge in [0.25, 0.3) is 5.91 Å². The molecule has 1 aromatic carbocycles. The number of hydrogen-bond acceptors (Lipinski definition) is 4. The van der Waals surface area contributed by atoms with Gasteiger partial charge in [0, 0.05) is 23.4 Å². The van der Waals surface area contributed by atoms with E-state index in [1.807, 2.05) is 0 Å². The number of halogens is 2. The van der Waals surface area contributed by atoms with E-state index in [1.165, 1.54) is 29.5 Å². The lowest BCUT2D eigenvalue weighted by Gasteiger charge is -2.28. The normalized spacial score (nSPS) is 14.8. The monoisotopic (exact) mass is 365 g/mol. The molecule has 1 saturated carbocycles. The first-order valence-electron chi connectivity index (χ1n) is 8.48. The maximum absolute atomic E-state index is 14.1. The molecule has 1 amide bonds. The van der Waals surface area contributed by atoms with Gasteiger partial charge in [-0.3, -0.25) is 4.79 Å². The number of carbonyl (C=O) groups excluding carboxylic acids is 1. The van der Waals surface area contributed by atoms with Gasteiger partial charge in [-0.2, -0.15) is 0 Å². The van der Waals surface area contributed by atoms with E-state index in [-0.39, 0.29) is 24.1 Å². The average molecular weight is 365 g/mol. The minimum absolute atomic E-state index is 0.00818. The molecule has 134 valence electrons. The van der Waals surface area contributed by atoms with Crippen molar-refractivity contribution in [3.05, 3.63) is 51.5 Å². The summed E-state index contributed by atoms with van der Waals surface area (Å²) in [5.41, 5.74) is 5.79. The first-order valence-corrected chi connectivity index (χ1v) is 9.36. The summed E-state index contributed by atoms with van der Waals surface area (Å²) in [4.78, 5) is 18.9. The molecule has 1 aliphatic carbocycles. The molecular formula is C18H21F2N3OS. The number of hydrogen-bond donors (Lipinski definition) is 1. The lowest BCUT2D eigenvalue weighted by molar-refractivity contribution is 0.0654. The lowest BCUT2D eigenvalue weighted by atomic mass is 10.1. The van der Waals surface area contributed by atoms with E-state index in [2.05, 4.69) is 4.98 Å². The molecule has 2 aromatic rings. The zero-order chi connectivity index (χ0) is 17.8. The van der Waals surface area contributed by atoms with E-state index in [4.69, 9.17) is 5.73 Å². The second-order valence-corrected chi connectivity index (χ2v) is 7.18. The minimum Gasteiger partial charge on any atom is -0.330 e. The summed E-state index contributed by atoms with van der Waals surface area (Å²) in [5, 5.41) is 2.50. The van der Waals surface area contributed by atoms with Gasteiger partial charge in [-0.1, -0.05) is 18.9 Å². The lowest BCUT2D eigenvalue weighted by Crippen LogP contribution is -2.39. The third-order valence-electron chi connectivity index (χ3n) is 4.55. The molecule has 1 aromatic heterocycles. The average Bonchev–Trinajstić information content (AvgIpc) is 3.26. The minimum atomic E-state index is -0.627. The highest BCUT2D eigenvalue weighted by Crippen LogP contribution is 2.28. The molecule has 0 unspecified atom stereocenters. The number of nitrogens with zero attached hydrogens (tertiary/aromatic N) is 2. The Morgan fingerprint density at radius 3 is 2.60 bits per heavy atom. The van der Waals surface area contributed by atoms with E-state index in [0.717, 1.165) is 30.7 Å². The van der Waals surface area contributed by atoms with Crippen LogP contribution in [0, 0.1) is 11.6 Å². The van der Waals surface area contributed by atoms with Crippen LogP contribution in [0.15, 0.2) is 23.6 Å². The summed E-state index contributed by atoms with van der Waals surface area (Å²) in [7, 11) is 0. The third-order valence-corrected chi connectivity index (χ3v) is 5.45. The van der Waals surface area contributed by atoms with Crippen molar-refractivity contribution in [1.82, 2.24) is 9.88 Å². The van der Waals surface area contributed by atoms with Gasteiger partial charge in [-0.25, -0.2) is 13.8 Å².